The van der Waals surface area contributed by atoms with E-state index in [4.69, 9.17) is 0 Å². The van der Waals surface area contributed by atoms with Crippen LogP contribution < -0.4 is 5.32 Å². The Kier molecular flexibility index (Phi) is 8.43. The molecule has 1 aliphatic heterocycles. The SMILES string of the molecule is CC(C)(C)c1ccc(C(=O)N2CCN(S(=O)(=O)c3cccs3)C2C(=O)NC(CC(=O)O)c2ccc(F)cc2)cc1. The van der Waals surface area contributed by atoms with Crippen LogP contribution in [0.25, 0.3) is 0 Å². The normalized spacial score (nSPS) is 17.0. The Labute approximate surface area is 236 Å². The first kappa shape index (κ1) is 29.4. The number of nitrogens with one attached hydrogen (secondary N) is 1. The van der Waals surface area contributed by atoms with Crippen molar-refractivity contribution < 1.29 is 32.3 Å². The van der Waals surface area contributed by atoms with Crippen LogP contribution >= 0.6 is 11.3 Å². The van der Waals surface area contributed by atoms with Crippen LogP contribution in [0.1, 0.15) is 54.7 Å². The fraction of sp³-hybridized carbons (Fsp3) is 0.321. The monoisotopic (exact) mass is 587 g/mol. The number of nitrogens with zero attached hydrogens (tertiary/aromatic N) is 2. The predicted octanol–water partition coefficient (Wildman–Crippen LogP) is 3.99. The molecule has 12 heteroatoms. The summed E-state index contributed by atoms with van der Waals surface area (Å²) in [5.74, 6) is -3.17. The Balaban J connectivity index is 1.70. The standard InChI is InChI=1S/C28H30FN3O6S2/c1-28(2,3)20-10-6-19(7-11-20)27(36)31-14-15-32(40(37,38)24-5-4-16-39-24)26(31)25(35)30-22(17-23(33)34)18-8-12-21(29)13-9-18/h4-13,16,22,26H,14-15,17H2,1-3H3,(H,30,35)(H,33,34). The maximum atomic E-state index is 13.8. The van der Waals surface area contributed by atoms with Gasteiger partial charge in [0, 0.05) is 18.7 Å². The molecule has 40 heavy (non-hydrogen) atoms. The largest absolute Gasteiger partial charge is 0.481 e. The van der Waals surface area contributed by atoms with Gasteiger partial charge in [0.2, 0.25) is 0 Å². The molecule has 0 aliphatic carbocycles. The Hall–Kier alpha value is -3.61. The zero-order valence-electron chi connectivity index (χ0n) is 22.2. The van der Waals surface area contributed by atoms with Crippen LogP contribution in [0, 0.1) is 5.82 Å². The van der Waals surface area contributed by atoms with Gasteiger partial charge in [-0.3, -0.25) is 14.4 Å². The van der Waals surface area contributed by atoms with Crippen LogP contribution in [-0.2, 0) is 25.0 Å². The van der Waals surface area contributed by atoms with E-state index in [1.165, 1.54) is 23.1 Å². The minimum absolute atomic E-state index is 0.00903. The molecule has 0 bridgehead atoms. The first-order valence-corrected chi connectivity index (χ1v) is 14.9. The number of sulfonamides is 1. The molecular formula is C28H30FN3O6S2. The molecule has 0 spiro atoms. The summed E-state index contributed by atoms with van der Waals surface area (Å²) in [7, 11) is -4.16. The molecule has 2 atom stereocenters. The first-order valence-electron chi connectivity index (χ1n) is 12.5. The highest BCUT2D eigenvalue weighted by atomic mass is 32.2. The number of aliphatic carboxylic acids is 1. The van der Waals surface area contributed by atoms with Crippen molar-refractivity contribution in [2.24, 2.45) is 0 Å². The number of carbonyl (C=O) groups is 3. The van der Waals surface area contributed by atoms with Crippen molar-refractivity contribution in [3.05, 3.63) is 88.6 Å². The molecule has 3 aromatic rings. The van der Waals surface area contributed by atoms with Gasteiger partial charge in [-0.2, -0.15) is 4.31 Å². The molecule has 4 rings (SSSR count). The van der Waals surface area contributed by atoms with Crippen LogP contribution in [0.5, 0.6) is 0 Å². The molecule has 0 radical (unpaired) electrons. The third kappa shape index (κ3) is 6.24. The summed E-state index contributed by atoms with van der Waals surface area (Å²) >= 11 is 0.983. The van der Waals surface area contributed by atoms with Gasteiger partial charge in [-0.05, 0) is 52.3 Å². The second kappa shape index (κ2) is 11.5. The number of benzene rings is 2. The Morgan fingerprint density at radius 1 is 1.05 bits per heavy atom. The summed E-state index contributed by atoms with van der Waals surface area (Å²) < 4.78 is 41.5. The third-order valence-corrected chi connectivity index (χ3v) is 9.87. The summed E-state index contributed by atoms with van der Waals surface area (Å²) in [6.07, 6.45) is -2.11. The second-order valence-corrected chi connectivity index (χ2v) is 13.5. The van der Waals surface area contributed by atoms with Crippen molar-refractivity contribution in [1.29, 1.82) is 0 Å². The maximum absolute atomic E-state index is 13.8. The molecule has 2 unspecified atom stereocenters. The van der Waals surface area contributed by atoms with E-state index in [1.54, 1.807) is 23.6 Å². The van der Waals surface area contributed by atoms with Crippen molar-refractivity contribution in [3.8, 4) is 0 Å². The Morgan fingerprint density at radius 3 is 2.25 bits per heavy atom. The summed E-state index contributed by atoms with van der Waals surface area (Å²) in [4.78, 5) is 40.2. The van der Waals surface area contributed by atoms with Crippen molar-refractivity contribution in [1.82, 2.24) is 14.5 Å². The van der Waals surface area contributed by atoms with Crippen molar-refractivity contribution >= 4 is 39.1 Å². The van der Waals surface area contributed by atoms with Gasteiger partial charge in [-0.25, -0.2) is 12.8 Å². The second-order valence-electron chi connectivity index (χ2n) is 10.5. The predicted molar refractivity (Wildman–Crippen MR) is 148 cm³/mol. The molecule has 9 nitrogen and oxygen atoms in total. The molecule has 212 valence electrons. The number of hydrogen-bond donors (Lipinski definition) is 2. The average Bonchev–Trinajstić information content (AvgIpc) is 3.59. The lowest BCUT2D eigenvalue weighted by atomic mass is 9.86. The van der Waals surface area contributed by atoms with E-state index < -0.39 is 52.3 Å². The number of carboxylic acid groups (broad SMARTS) is 1. The number of rotatable bonds is 8. The van der Waals surface area contributed by atoms with Gasteiger partial charge >= 0.3 is 5.97 Å². The molecule has 2 heterocycles. The Morgan fingerprint density at radius 2 is 1.70 bits per heavy atom. The van der Waals surface area contributed by atoms with E-state index in [9.17, 15) is 32.3 Å². The minimum atomic E-state index is -4.16. The summed E-state index contributed by atoms with van der Waals surface area (Å²) in [6.45, 7) is 5.92. The summed E-state index contributed by atoms with van der Waals surface area (Å²) in [5, 5.41) is 13.7. The highest BCUT2D eigenvalue weighted by Crippen LogP contribution is 2.30. The van der Waals surface area contributed by atoms with Crippen LogP contribution in [0.3, 0.4) is 0 Å². The minimum Gasteiger partial charge on any atom is -0.481 e. The molecule has 0 saturated carbocycles. The first-order chi connectivity index (χ1) is 18.8. The number of carboxylic acids is 1. The van der Waals surface area contributed by atoms with Crippen LogP contribution in [-0.4, -0.2) is 59.8 Å². The quantitative estimate of drug-likeness (QED) is 0.411. The van der Waals surface area contributed by atoms with Crippen molar-refractivity contribution in [3.63, 3.8) is 0 Å². The third-order valence-electron chi connectivity index (χ3n) is 6.65. The molecule has 1 saturated heterocycles. The highest BCUT2D eigenvalue weighted by molar-refractivity contribution is 7.91. The number of hydrogen-bond acceptors (Lipinski definition) is 6. The number of halogens is 1. The topological polar surface area (TPSA) is 124 Å². The van der Waals surface area contributed by atoms with Crippen LogP contribution in [0.4, 0.5) is 4.39 Å². The lowest BCUT2D eigenvalue weighted by molar-refractivity contribution is -0.138. The lowest BCUT2D eigenvalue weighted by Gasteiger charge is -2.30. The van der Waals surface area contributed by atoms with Gasteiger partial charge in [0.05, 0.1) is 12.5 Å². The highest BCUT2D eigenvalue weighted by Gasteiger charge is 2.47. The van der Waals surface area contributed by atoms with E-state index in [0.29, 0.717) is 5.56 Å². The molecule has 2 amide bonds. The van der Waals surface area contributed by atoms with E-state index in [1.807, 2.05) is 32.9 Å². The number of amides is 2. The summed E-state index contributed by atoms with van der Waals surface area (Å²) in [5.41, 5.74) is 1.45. The number of thiophene rings is 1. The molecule has 2 N–H and O–H groups in total. The lowest BCUT2D eigenvalue weighted by Crippen LogP contribution is -2.54. The molecule has 2 aromatic carbocycles. The van der Waals surface area contributed by atoms with Gasteiger partial charge < -0.3 is 15.3 Å². The van der Waals surface area contributed by atoms with Gasteiger partial charge in [0.15, 0.2) is 6.17 Å². The van der Waals surface area contributed by atoms with E-state index in [-0.39, 0.29) is 28.3 Å². The average molecular weight is 588 g/mol. The van der Waals surface area contributed by atoms with E-state index in [0.717, 1.165) is 33.3 Å². The molecular weight excluding hydrogens is 557 g/mol. The molecule has 1 aromatic heterocycles. The van der Waals surface area contributed by atoms with Gasteiger partial charge in [-0.1, -0.05) is 51.1 Å². The van der Waals surface area contributed by atoms with E-state index >= 15 is 0 Å². The van der Waals surface area contributed by atoms with E-state index in [2.05, 4.69) is 5.32 Å². The van der Waals surface area contributed by atoms with Gasteiger partial charge in [0.1, 0.15) is 10.0 Å². The van der Waals surface area contributed by atoms with Crippen molar-refractivity contribution in [2.75, 3.05) is 13.1 Å². The zero-order chi connectivity index (χ0) is 29.2. The maximum Gasteiger partial charge on any atom is 0.305 e. The van der Waals surface area contributed by atoms with Crippen LogP contribution in [0.2, 0.25) is 0 Å². The van der Waals surface area contributed by atoms with Crippen molar-refractivity contribution in [2.45, 2.75) is 49.0 Å². The number of carbonyl (C=O) groups excluding carboxylic acids is 2. The van der Waals surface area contributed by atoms with Crippen LogP contribution in [0.15, 0.2) is 70.3 Å². The fourth-order valence-electron chi connectivity index (χ4n) is 4.52. The summed E-state index contributed by atoms with van der Waals surface area (Å²) in [6, 6.07) is 13.8. The fourth-order valence-corrected chi connectivity index (χ4v) is 7.18. The molecule has 1 aliphatic rings. The molecule has 1 fully saturated rings. The van der Waals surface area contributed by atoms with Gasteiger partial charge in [-0.15, -0.1) is 11.3 Å². The Bertz CT molecular complexity index is 1480. The van der Waals surface area contributed by atoms with Gasteiger partial charge in [0.25, 0.3) is 21.8 Å². The zero-order valence-corrected chi connectivity index (χ0v) is 23.8. The smallest absolute Gasteiger partial charge is 0.305 e.